The zero-order valence-electron chi connectivity index (χ0n) is 14.4. The number of methoxy groups -OCH3 is 1. The molecule has 3 aromatic rings. The second-order valence-corrected chi connectivity index (χ2v) is 6.69. The molecule has 140 valence electrons. The Morgan fingerprint density at radius 1 is 1.04 bits per heavy atom. The lowest BCUT2D eigenvalue weighted by molar-refractivity contribution is -0.147. The quantitative estimate of drug-likeness (QED) is 0.377. The molecule has 0 atom stereocenters. The van der Waals surface area contributed by atoms with Gasteiger partial charge >= 0.3 is 11.9 Å². The van der Waals surface area contributed by atoms with E-state index in [1.54, 1.807) is 18.2 Å². The Morgan fingerprint density at radius 2 is 1.85 bits per heavy atom. The van der Waals surface area contributed by atoms with Gasteiger partial charge in [0.2, 0.25) is 0 Å². The molecule has 8 heteroatoms. The molecule has 0 saturated heterocycles. The Labute approximate surface area is 157 Å². The molecule has 0 fully saturated rings. The molecule has 1 heterocycles. The summed E-state index contributed by atoms with van der Waals surface area (Å²) in [7, 11) is 1.51. The van der Waals surface area contributed by atoms with E-state index in [9.17, 15) is 14.4 Å². The van der Waals surface area contributed by atoms with Crippen molar-refractivity contribution in [2.24, 2.45) is 0 Å². The van der Waals surface area contributed by atoms with Crippen LogP contribution in [0.25, 0.3) is 20.2 Å². The first kappa shape index (κ1) is 18.8. The predicted molar refractivity (Wildman–Crippen MR) is 101 cm³/mol. The van der Waals surface area contributed by atoms with E-state index in [0.717, 1.165) is 0 Å². The monoisotopic (exact) mass is 388 g/mol. The number of hydrogen-bond donors (Lipinski definition) is 1. The second-order valence-electron chi connectivity index (χ2n) is 5.61. The average Bonchev–Trinajstić information content (AvgIpc) is 2.66. The van der Waals surface area contributed by atoms with Crippen LogP contribution < -0.4 is 10.2 Å². The molecule has 0 bridgehead atoms. The lowest BCUT2D eigenvalue weighted by Crippen LogP contribution is -2.17. The van der Waals surface area contributed by atoms with Gasteiger partial charge in [0.15, 0.2) is 12.0 Å². The molecule has 1 N–H and O–H groups in total. The third-order valence-corrected chi connectivity index (χ3v) is 4.93. The minimum Gasteiger partial charge on any atom is -0.482 e. The SMILES string of the molecule is COCCOC(=O)COc1ccc2sc3cc(C(=O)O)ccc3c(=O)c2c1. The summed E-state index contributed by atoms with van der Waals surface area (Å²) in [6, 6.07) is 9.33. The summed E-state index contributed by atoms with van der Waals surface area (Å²) in [6.07, 6.45) is 0. The van der Waals surface area contributed by atoms with E-state index >= 15 is 0 Å². The van der Waals surface area contributed by atoms with Gasteiger partial charge in [0.1, 0.15) is 12.4 Å². The molecule has 0 saturated carbocycles. The number of carboxylic acids is 1. The van der Waals surface area contributed by atoms with E-state index in [2.05, 4.69) is 0 Å². The van der Waals surface area contributed by atoms with Gasteiger partial charge in [-0.25, -0.2) is 9.59 Å². The van der Waals surface area contributed by atoms with Crippen LogP contribution in [-0.4, -0.2) is 44.0 Å². The maximum atomic E-state index is 12.7. The lowest BCUT2D eigenvalue weighted by atomic mass is 10.1. The average molecular weight is 388 g/mol. The van der Waals surface area contributed by atoms with Gasteiger partial charge in [0.25, 0.3) is 0 Å². The molecule has 0 amide bonds. The van der Waals surface area contributed by atoms with Gasteiger partial charge < -0.3 is 19.3 Å². The van der Waals surface area contributed by atoms with Gasteiger partial charge in [0, 0.05) is 27.3 Å². The van der Waals surface area contributed by atoms with E-state index in [4.69, 9.17) is 19.3 Å². The topological polar surface area (TPSA) is 99.1 Å². The van der Waals surface area contributed by atoms with Crippen molar-refractivity contribution in [3.8, 4) is 5.75 Å². The van der Waals surface area contributed by atoms with Crippen LogP contribution in [0.5, 0.6) is 5.75 Å². The zero-order chi connectivity index (χ0) is 19.4. The van der Waals surface area contributed by atoms with Crippen molar-refractivity contribution in [1.82, 2.24) is 0 Å². The number of rotatable bonds is 7. The van der Waals surface area contributed by atoms with Crippen molar-refractivity contribution in [3.05, 3.63) is 52.2 Å². The highest BCUT2D eigenvalue weighted by Crippen LogP contribution is 2.28. The molecule has 0 radical (unpaired) electrons. The molecule has 0 unspecified atom stereocenters. The van der Waals surface area contributed by atoms with Crippen molar-refractivity contribution in [1.29, 1.82) is 0 Å². The zero-order valence-corrected chi connectivity index (χ0v) is 15.2. The summed E-state index contributed by atoms with van der Waals surface area (Å²) in [5, 5.41) is 9.98. The van der Waals surface area contributed by atoms with Crippen molar-refractivity contribution >= 4 is 43.4 Å². The molecule has 1 aromatic heterocycles. The van der Waals surface area contributed by atoms with Crippen LogP contribution in [0.1, 0.15) is 10.4 Å². The number of fused-ring (bicyclic) bond motifs is 2. The number of aromatic carboxylic acids is 1. The minimum absolute atomic E-state index is 0.129. The molecule has 2 aromatic carbocycles. The number of ether oxygens (including phenoxy) is 3. The molecular formula is C19H16O7S. The first-order chi connectivity index (χ1) is 13.0. The van der Waals surface area contributed by atoms with Gasteiger partial charge in [-0.3, -0.25) is 4.79 Å². The number of esters is 1. The van der Waals surface area contributed by atoms with Crippen LogP contribution in [0.4, 0.5) is 0 Å². The van der Waals surface area contributed by atoms with Gasteiger partial charge in [-0.15, -0.1) is 11.3 Å². The second kappa shape index (κ2) is 8.15. The van der Waals surface area contributed by atoms with E-state index in [0.29, 0.717) is 32.5 Å². The van der Waals surface area contributed by atoms with Crippen molar-refractivity contribution in [3.63, 3.8) is 0 Å². The van der Waals surface area contributed by atoms with Crippen molar-refractivity contribution < 1.29 is 28.9 Å². The molecule has 0 aliphatic carbocycles. The highest BCUT2D eigenvalue weighted by Gasteiger charge is 2.11. The summed E-state index contributed by atoms with van der Waals surface area (Å²) in [5.41, 5.74) is -0.0896. The van der Waals surface area contributed by atoms with E-state index in [1.165, 1.54) is 36.6 Å². The molecule has 0 spiro atoms. The molecule has 27 heavy (non-hydrogen) atoms. The standard InChI is InChI=1S/C19H16O7S/c1-24-6-7-25-17(20)10-26-12-3-5-15-14(9-12)18(21)13-4-2-11(19(22)23)8-16(13)27-15/h2-5,8-9H,6-7,10H2,1H3,(H,22,23). The molecule has 3 rings (SSSR count). The number of benzene rings is 2. The lowest BCUT2D eigenvalue weighted by Gasteiger charge is -2.08. The number of carbonyl (C=O) groups excluding carboxylic acids is 1. The van der Waals surface area contributed by atoms with E-state index < -0.39 is 11.9 Å². The van der Waals surface area contributed by atoms with Gasteiger partial charge in [-0.2, -0.15) is 0 Å². The maximum Gasteiger partial charge on any atom is 0.344 e. The Kier molecular flexibility index (Phi) is 5.68. The van der Waals surface area contributed by atoms with E-state index in [1.807, 2.05) is 0 Å². The number of hydrogen-bond acceptors (Lipinski definition) is 7. The van der Waals surface area contributed by atoms with Crippen LogP contribution in [0.15, 0.2) is 41.2 Å². The number of carbonyl (C=O) groups is 2. The first-order valence-electron chi connectivity index (χ1n) is 8.01. The fourth-order valence-electron chi connectivity index (χ4n) is 2.48. The Balaban J connectivity index is 1.86. The van der Waals surface area contributed by atoms with Gasteiger partial charge in [-0.05, 0) is 36.4 Å². The third-order valence-electron chi connectivity index (χ3n) is 3.80. The molecule has 0 aliphatic rings. The molecule has 0 aliphatic heterocycles. The maximum absolute atomic E-state index is 12.7. The Bertz CT molecular complexity index is 1070. The highest BCUT2D eigenvalue weighted by molar-refractivity contribution is 7.24. The normalized spacial score (nSPS) is 10.9. The van der Waals surface area contributed by atoms with Crippen LogP contribution in [-0.2, 0) is 14.3 Å². The van der Waals surface area contributed by atoms with Crippen molar-refractivity contribution in [2.45, 2.75) is 0 Å². The first-order valence-corrected chi connectivity index (χ1v) is 8.82. The summed E-state index contributed by atoms with van der Waals surface area (Å²) in [5.74, 6) is -1.20. The van der Waals surface area contributed by atoms with Gasteiger partial charge in [0.05, 0.1) is 12.2 Å². The largest absolute Gasteiger partial charge is 0.482 e. The van der Waals surface area contributed by atoms with E-state index in [-0.39, 0.29) is 24.2 Å². The van der Waals surface area contributed by atoms with Crippen LogP contribution in [0.2, 0.25) is 0 Å². The summed E-state index contributed by atoms with van der Waals surface area (Å²) in [6.45, 7) is 0.175. The Morgan fingerprint density at radius 3 is 2.59 bits per heavy atom. The van der Waals surface area contributed by atoms with Crippen LogP contribution in [0.3, 0.4) is 0 Å². The summed E-state index contributed by atoms with van der Waals surface area (Å²) < 4.78 is 16.4. The smallest absolute Gasteiger partial charge is 0.344 e. The Hall–Kier alpha value is -2.97. The van der Waals surface area contributed by atoms with Crippen LogP contribution >= 0.6 is 11.3 Å². The number of carboxylic acid groups (broad SMARTS) is 1. The summed E-state index contributed by atoms with van der Waals surface area (Å²) in [4.78, 5) is 35.4. The predicted octanol–water partition coefficient (Wildman–Crippen LogP) is 2.68. The minimum atomic E-state index is -1.04. The fraction of sp³-hybridized carbons (Fsp3) is 0.211. The summed E-state index contributed by atoms with van der Waals surface area (Å²) >= 11 is 1.32. The van der Waals surface area contributed by atoms with Crippen molar-refractivity contribution in [2.75, 3.05) is 26.9 Å². The van der Waals surface area contributed by atoms with Gasteiger partial charge in [-0.1, -0.05) is 0 Å². The molecular weight excluding hydrogens is 372 g/mol. The third kappa shape index (κ3) is 4.24. The highest BCUT2D eigenvalue weighted by atomic mass is 32.1. The molecule has 7 nitrogen and oxygen atoms in total. The fourth-order valence-corrected chi connectivity index (χ4v) is 3.57. The van der Waals surface area contributed by atoms with Crippen LogP contribution in [0, 0.1) is 0 Å².